The van der Waals surface area contributed by atoms with Crippen LogP contribution >= 0.6 is 0 Å². The highest BCUT2D eigenvalue weighted by Crippen LogP contribution is 2.35. The van der Waals surface area contributed by atoms with Gasteiger partial charge in [0.05, 0.1) is 10.8 Å². The SMILES string of the molecule is N#Cc1cc(-c2cc(NC3CCN(S(=O)(=O)C4CC4)CC3)c3cnccc3c2)ccc1F. The van der Waals surface area contributed by atoms with Gasteiger partial charge >= 0.3 is 0 Å². The molecular weight excluding hydrogens is 427 g/mol. The summed E-state index contributed by atoms with van der Waals surface area (Å²) >= 11 is 0. The van der Waals surface area contributed by atoms with E-state index in [1.807, 2.05) is 24.3 Å². The maximum Gasteiger partial charge on any atom is 0.216 e. The fraction of sp³-hybridized carbons (Fsp3) is 0.333. The molecule has 3 aromatic rings. The van der Waals surface area contributed by atoms with Crippen LogP contribution in [0.4, 0.5) is 10.1 Å². The molecule has 1 saturated carbocycles. The first-order valence-corrected chi connectivity index (χ1v) is 12.3. The number of nitrogens with one attached hydrogen (secondary N) is 1. The van der Waals surface area contributed by atoms with Crippen molar-refractivity contribution in [2.45, 2.75) is 37.0 Å². The van der Waals surface area contributed by atoms with Crippen LogP contribution in [0.3, 0.4) is 0 Å². The number of aromatic nitrogens is 1. The third-order valence-corrected chi connectivity index (χ3v) is 8.69. The Bertz CT molecular complexity index is 1320. The number of hydrogen-bond acceptors (Lipinski definition) is 5. The number of fused-ring (bicyclic) bond motifs is 1. The van der Waals surface area contributed by atoms with Gasteiger partial charge in [-0.3, -0.25) is 4.98 Å². The van der Waals surface area contributed by atoms with Crippen LogP contribution in [0.1, 0.15) is 31.2 Å². The zero-order chi connectivity index (χ0) is 22.3. The molecule has 6 nitrogen and oxygen atoms in total. The molecule has 32 heavy (non-hydrogen) atoms. The summed E-state index contributed by atoms with van der Waals surface area (Å²) in [5.74, 6) is -0.535. The molecule has 164 valence electrons. The number of nitrogens with zero attached hydrogens (tertiary/aromatic N) is 3. The van der Waals surface area contributed by atoms with Crippen LogP contribution in [-0.4, -0.2) is 42.1 Å². The summed E-state index contributed by atoms with van der Waals surface area (Å²) in [7, 11) is -3.13. The minimum absolute atomic E-state index is 0.0103. The van der Waals surface area contributed by atoms with Crippen LogP contribution in [0.5, 0.6) is 0 Å². The second kappa shape index (κ2) is 8.15. The molecule has 0 radical (unpaired) electrons. The van der Waals surface area contributed by atoms with Crippen molar-refractivity contribution in [3.05, 3.63) is 60.2 Å². The van der Waals surface area contributed by atoms with Gasteiger partial charge in [-0.05, 0) is 72.5 Å². The highest BCUT2D eigenvalue weighted by Gasteiger charge is 2.41. The van der Waals surface area contributed by atoms with Crippen molar-refractivity contribution in [1.82, 2.24) is 9.29 Å². The lowest BCUT2D eigenvalue weighted by Crippen LogP contribution is -2.43. The molecule has 0 unspecified atom stereocenters. The average molecular weight is 451 g/mol. The van der Waals surface area contributed by atoms with Gasteiger partial charge in [-0.15, -0.1) is 0 Å². The Morgan fingerprint density at radius 2 is 1.84 bits per heavy atom. The van der Waals surface area contributed by atoms with Crippen LogP contribution in [0.2, 0.25) is 0 Å². The minimum Gasteiger partial charge on any atom is -0.382 e. The smallest absolute Gasteiger partial charge is 0.216 e. The second-order valence-corrected chi connectivity index (χ2v) is 10.7. The van der Waals surface area contributed by atoms with Crippen LogP contribution in [0, 0.1) is 17.1 Å². The predicted octanol–water partition coefficient (Wildman–Crippen LogP) is 4.28. The molecule has 2 aromatic carbocycles. The normalized spacial score (nSPS) is 17.9. The standard InChI is InChI=1S/C24H23FN4O2S/c25-23-4-1-16(11-19(23)14-26)18-12-17-5-8-27-15-22(17)24(13-18)28-20-6-9-29(10-7-20)32(30,31)21-2-3-21/h1,4-5,8,11-13,15,20-21,28H,2-3,6-7,9-10H2. The highest BCUT2D eigenvalue weighted by molar-refractivity contribution is 7.90. The summed E-state index contributed by atoms with van der Waals surface area (Å²) in [5.41, 5.74) is 2.54. The molecule has 1 aliphatic heterocycles. The number of pyridine rings is 1. The molecule has 0 spiro atoms. The number of halogens is 1. The summed E-state index contributed by atoms with van der Waals surface area (Å²) in [4.78, 5) is 4.26. The van der Waals surface area contributed by atoms with Crippen LogP contribution in [0.15, 0.2) is 48.8 Å². The van der Waals surface area contributed by atoms with Crippen molar-refractivity contribution < 1.29 is 12.8 Å². The molecule has 8 heteroatoms. The van der Waals surface area contributed by atoms with Crippen molar-refractivity contribution in [3.63, 3.8) is 0 Å². The first-order chi connectivity index (χ1) is 15.5. The molecule has 2 fully saturated rings. The zero-order valence-corrected chi connectivity index (χ0v) is 18.3. The van der Waals surface area contributed by atoms with E-state index in [9.17, 15) is 18.1 Å². The Kier molecular flexibility index (Phi) is 5.31. The molecule has 0 bridgehead atoms. The topological polar surface area (TPSA) is 86.1 Å². The molecule has 5 rings (SSSR count). The van der Waals surface area contributed by atoms with E-state index in [4.69, 9.17) is 0 Å². The van der Waals surface area contributed by atoms with Gasteiger partial charge in [0.1, 0.15) is 11.9 Å². The fourth-order valence-corrected chi connectivity index (χ4v) is 6.20. The number of rotatable bonds is 5. The molecule has 1 N–H and O–H groups in total. The lowest BCUT2D eigenvalue weighted by atomic mass is 9.98. The van der Waals surface area contributed by atoms with Gasteiger partial charge in [0, 0.05) is 42.6 Å². The molecule has 0 atom stereocenters. The largest absolute Gasteiger partial charge is 0.382 e. The predicted molar refractivity (Wildman–Crippen MR) is 122 cm³/mol. The number of hydrogen-bond donors (Lipinski definition) is 1. The summed E-state index contributed by atoms with van der Waals surface area (Å²) in [6, 6.07) is 12.5. The van der Waals surface area contributed by atoms with E-state index in [2.05, 4.69) is 10.3 Å². The van der Waals surface area contributed by atoms with E-state index in [0.29, 0.717) is 13.1 Å². The van der Waals surface area contributed by atoms with E-state index >= 15 is 0 Å². The zero-order valence-electron chi connectivity index (χ0n) is 17.5. The average Bonchev–Trinajstić information content (AvgIpc) is 3.66. The van der Waals surface area contributed by atoms with E-state index in [1.54, 1.807) is 28.8 Å². The number of nitriles is 1. The van der Waals surface area contributed by atoms with Gasteiger partial charge in [0.25, 0.3) is 0 Å². The molecule has 1 saturated heterocycles. The van der Waals surface area contributed by atoms with Crippen LogP contribution in [0.25, 0.3) is 21.9 Å². The minimum atomic E-state index is -3.13. The first kappa shape index (κ1) is 20.9. The molecule has 0 amide bonds. The van der Waals surface area contributed by atoms with Crippen LogP contribution in [-0.2, 0) is 10.0 Å². The van der Waals surface area contributed by atoms with Crippen molar-refractivity contribution >= 4 is 26.5 Å². The third-order valence-electron chi connectivity index (χ3n) is 6.30. The van der Waals surface area contributed by atoms with Crippen molar-refractivity contribution in [3.8, 4) is 17.2 Å². The quantitative estimate of drug-likeness (QED) is 0.627. The van der Waals surface area contributed by atoms with Gasteiger partial charge in [-0.1, -0.05) is 6.07 Å². The monoisotopic (exact) mass is 450 g/mol. The van der Waals surface area contributed by atoms with Crippen molar-refractivity contribution in [2.75, 3.05) is 18.4 Å². The van der Waals surface area contributed by atoms with Gasteiger partial charge in [-0.25, -0.2) is 17.1 Å². The maximum absolute atomic E-state index is 13.8. The summed E-state index contributed by atoms with van der Waals surface area (Å²) < 4.78 is 40.5. The number of anilines is 1. The Morgan fingerprint density at radius 1 is 1.06 bits per heavy atom. The van der Waals surface area contributed by atoms with E-state index < -0.39 is 15.8 Å². The Hall–Kier alpha value is -3.02. The number of piperidine rings is 1. The fourth-order valence-electron chi connectivity index (χ4n) is 4.33. The summed E-state index contributed by atoms with van der Waals surface area (Å²) in [6.07, 6.45) is 6.55. The first-order valence-electron chi connectivity index (χ1n) is 10.8. The number of benzene rings is 2. The molecule has 1 aromatic heterocycles. The molecule has 2 aliphatic rings. The van der Waals surface area contributed by atoms with Gasteiger partial charge < -0.3 is 5.32 Å². The van der Waals surface area contributed by atoms with Crippen molar-refractivity contribution in [2.24, 2.45) is 0 Å². The summed E-state index contributed by atoms with van der Waals surface area (Å²) in [5, 5.41) is 14.6. The Balaban J connectivity index is 1.42. The number of sulfonamides is 1. The highest BCUT2D eigenvalue weighted by atomic mass is 32.2. The van der Waals surface area contributed by atoms with Gasteiger partial charge in [0.2, 0.25) is 10.0 Å². The molecule has 2 heterocycles. The van der Waals surface area contributed by atoms with Gasteiger partial charge in [-0.2, -0.15) is 5.26 Å². The third kappa shape index (κ3) is 3.94. The van der Waals surface area contributed by atoms with E-state index in [-0.39, 0.29) is 16.9 Å². The lowest BCUT2D eigenvalue weighted by molar-refractivity contribution is 0.329. The van der Waals surface area contributed by atoms with E-state index in [0.717, 1.165) is 53.3 Å². The van der Waals surface area contributed by atoms with Crippen LogP contribution < -0.4 is 5.32 Å². The molecular formula is C24H23FN4O2S. The second-order valence-electron chi connectivity index (χ2n) is 8.49. The van der Waals surface area contributed by atoms with Crippen molar-refractivity contribution in [1.29, 1.82) is 5.26 Å². The maximum atomic E-state index is 13.8. The molecule has 1 aliphatic carbocycles. The summed E-state index contributed by atoms with van der Waals surface area (Å²) in [6.45, 7) is 1.05. The van der Waals surface area contributed by atoms with E-state index in [1.165, 1.54) is 6.07 Å². The Morgan fingerprint density at radius 3 is 2.56 bits per heavy atom. The van der Waals surface area contributed by atoms with Gasteiger partial charge in [0.15, 0.2) is 0 Å². The lowest BCUT2D eigenvalue weighted by Gasteiger charge is -2.32. The Labute approximate surface area is 186 Å².